The minimum absolute atomic E-state index is 0.0720. The van der Waals surface area contributed by atoms with Crippen molar-refractivity contribution < 1.29 is 9.53 Å². The van der Waals surface area contributed by atoms with Crippen molar-refractivity contribution in [2.75, 3.05) is 6.54 Å². The van der Waals surface area contributed by atoms with Crippen molar-refractivity contribution in [2.45, 2.75) is 39.2 Å². The molecule has 0 aliphatic carbocycles. The molecule has 0 spiro atoms. The fourth-order valence-corrected chi connectivity index (χ4v) is 2.64. The molecule has 1 unspecified atom stereocenters. The molecule has 3 nitrogen and oxygen atoms in total. The Morgan fingerprint density at radius 2 is 1.88 bits per heavy atom. The van der Waals surface area contributed by atoms with Gasteiger partial charge < -0.3 is 10.1 Å². The van der Waals surface area contributed by atoms with Gasteiger partial charge >= 0.3 is 0 Å². The lowest BCUT2D eigenvalue weighted by Gasteiger charge is -2.17. The maximum absolute atomic E-state index is 12.3. The lowest BCUT2D eigenvalue weighted by atomic mass is 10.1. The number of rotatable bonds is 8. The number of carbonyl (C=O) groups is 1. The summed E-state index contributed by atoms with van der Waals surface area (Å²) in [6.45, 7) is 4.58. The molecule has 0 aliphatic heterocycles. The summed E-state index contributed by atoms with van der Waals surface area (Å²) in [5.74, 6) is 0.649. The van der Waals surface area contributed by atoms with Crippen molar-refractivity contribution in [2.24, 2.45) is 0 Å². The van der Waals surface area contributed by atoms with Crippen LogP contribution in [0.4, 0.5) is 0 Å². The van der Waals surface area contributed by atoms with Crippen molar-refractivity contribution in [3.05, 3.63) is 64.7 Å². The van der Waals surface area contributed by atoms with Crippen LogP contribution in [0.3, 0.4) is 0 Å². The second kappa shape index (κ2) is 9.33. The van der Waals surface area contributed by atoms with Gasteiger partial charge in [-0.3, -0.25) is 4.79 Å². The molecular formula is C20H24ClNO2. The third-order valence-electron chi connectivity index (χ3n) is 3.84. The van der Waals surface area contributed by atoms with Crippen LogP contribution in [0.25, 0.3) is 0 Å². The van der Waals surface area contributed by atoms with Crippen molar-refractivity contribution in [3.63, 3.8) is 0 Å². The molecule has 1 amide bonds. The van der Waals surface area contributed by atoms with E-state index < -0.39 is 6.10 Å². The SMILES string of the molecule is CCC(Oc1ccc(C)cc1)C(=O)NCCCc1ccccc1Cl. The first-order valence-electron chi connectivity index (χ1n) is 8.34. The van der Waals surface area contributed by atoms with Crippen LogP contribution in [-0.2, 0) is 11.2 Å². The number of carbonyl (C=O) groups excluding carboxylic acids is 1. The third-order valence-corrected chi connectivity index (χ3v) is 4.21. The maximum atomic E-state index is 12.3. The number of ether oxygens (including phenoxy) is 1. The minimum atomic E-state index is -0.465. The highest BCUT2D eigenvalue weighted by molar-refractivity contribution is 6.31. The van der Waals surface area contributed by atoms with E-state index in [-0.39, 0.29) is 5.91 Å². The number of benzene rings is 2. The molecule has 2 rings (SSSR count). The first-order valence-corrected chi connectivity index (χ1v) is 8.72. The topological polar surface area (TPSA) is 38.3 Å². The number of amides is 1. The highest BCUT2D eigenvalue weighted by Crippen LogP contribution is 2.17. The van der Waals surface area contributed by atoms with E-state index in [1.807, 2.05) is 62.4 Å². The van der Waals surface area contributed by atoms with Gasteiger partial charge in [-0.2, -0.15) is 0 Å². The van der Waals surface area contributed by atoms with E-state index in [1.165, 1.54) is 5.56 Å². The standard InChI is InChI=1S/C20H24ClNO2/c1-3-19(24-17-12-10-15(2)11-13-17)20(23)22-14-6-8-16-7-4-5-9-18(16)21/h4-5,7,9-13,19H,3,6,8,14H2,1-2H3,(H,22,23). The average Bonchev–Trinajstić information content (AvgIpc) is 2.59. The zero-order chi connectivity index (χ0) is 17.4. The van der Waals surface area contributed by atoms with E-state index in [9.17, 15) is 4.79 Å². The predicted octanol–water partition coefficient (Wildman–Crippen LogP) is 4.55. The summed E-state index contributed by atoms with van der Waals surface area (Å²) in [5, 5.41) is 3.72. The Morgan fingerprint density at radius 1 is 1.17 bits per heavy atom. The van der Waals surface area contributed by atoms with Gasteiger partial charge in [0.2, 0.25) is 0 Å². The lowest BCUT2D eigenvalue weighted by Crippen LogP contribution is -2.38. The van der Waals surface area contributed by atoms with Gasteiger partial charge in [-0.15, -0.1) is 0 Å². The van der Waals surface area contributed by atoms with Crippen LogP contribution >= 0.6 is 11.6 Å². The van der Waals surface area contributed by atoms with Crippen LogP contribution in [0.15, 0.2) is 48.5 Å². The number of hydrogen-bond acceptors (Lipinski definition) is 2. The first kappa shape index (κ1) is 18.3. The molecule has 2 aromatic carbocycles. The van der Waals surface area contributed by atoms with Gasteiger partial charge in [0.1, 0.15) is 5.75 Å². The molecule has 1 N–H and O–H groups in total. The van der Waals surface area contributed by atoms with Crippen LogP contribution in [0, 0.1) is 6.92 Å². The zero-order valence-corrected chi connectivity index (χ0v) is 15.0. The number of halogens is 1. The van der Waals surface area contributed by atoms with Gasteiger partial charge in [0.25, 0.3) is 5.91 Å². The van der Waals surface area contributed by atoms with Gasteiger partial charge in [-0.25, -0.2) is 0 Å². The third kappa shape index (κ3) is 5.57. The van der Waals surface area contributed by atoms with Crippen LogP contribution in [-0.4, -0.2) is 18.6 Å². The highest BCUT2D eigenvalue weighted by atomic mass is 35.5. The normalized spacial score (nSPS) is 11.8. The van der Waals surface area contributed by atoms with Crippen LogP contribution in [0.1, 0.15) is 30.9 Å². The van der Waals surface area contributed by atoms with Gasteiger partial charge in [-0.05, 0) is 49.9 Å². The highest BCUT2D eigenvalue weighted by Gasteiger charge is 2.17. The van der Waals surface area contributed by atoms with E-state index in [1.54, 1.807) is 0 Å². The Balaban J connectivity index is 1.77. The molecule has 0 saturated heterocycles. The first-order chi connectivity index (χ1) is 11.6. The fraction of sp³-hybridized carbons (Fsp3) is 0.350. The van der Waals surface area contributed by atoms with Crippen molar-refractivity contribution in [1.82, 2.24) is 5.32 Å². The van der Waals surface area contributed by atoms with E-state index in [0.717, 1.165) is 29.2 Å². The van der Waals surface area contributed by atoms with Crippen molar-refractivity contribution in [3.8, 4) is 5.75 Å². The molecule has 1 atom stereocenters. The molecule has 4 heteroatoms. The Labute approximate surface area is 149 Å². The van der Waals surface area contributed by atoms with Crippen molar-refractivity contribution >= 4 is 17.5 Å². The summed E-state index contributed by atoms with van der Waals surface area (Å²) in [4.78, 5) is 12.3. The molecule has 128 valence electrons. The Morgan fingerprint density at radius 3 is 2.54 bits per heavy atom. The maximum Gasteiger partial charge on any atom is 0.261 e. The summed E-state index contributed by atoms with van der Waals surface area (Å²) in [5.41, 5.74) is 2.27. The second-order valence-corrected chi connectivity index (χ2v) is 6.22. The fourth-order valence-electron chi connectivity index (χ4n) is 2.41. The van der Waals surface area contributed by atoms with Gasteiger partial charge in [0.15, 0.2) is 6.10 Å². The van der Waals surface area contributed by atoms with Gasteiger partial charge in [0.05, 0.1) is 0 Å². The Hall–Kier alpha value is -2.00. The Bertz CT molecular complexity index is 655. The second-order valence-electron chi connectivity index (χ2n) is 5.81. The summed E-state index contributed by atoms with van der Waals surface area (Å²) in [6, 6.07) is 15.5. The molecule has 0 aromatic heterocycles. The Kier molecular flexibility index (Phi) is 7.13. The monoisotopic (exact) mass is 345 g/mol. The molecule has 24 heavy (non-hydrogen) atoms. The zero-order valence-electron chi connectivity index (χ0n) is 14.2. The van der Waals surface area contributed by atoms with Crippen molar-refractivity contribution in [1.29, 1.82) is 0 Å². The molecule has 0 saturated carbocycles. The van der Waals surface area contributed by atoms with Crippen LogP contribution in [0.2, 0.25) is 5.02 Å². The van der Waals surface area contributed by atoms with Crippen LogP contribution < -0.4 is 10.1 Å². The van der Waals surface area contributed by atoms with E-state index in [2.05, 4.69) is 5.32 Å². The summed E-state index contributed by atoms with van der Waals surface area (Å²) >= 11 is 6.13. The van der Waals surface area contributed by atoms with E-state index in [4.69, 9.17) is 16.3 Å². The molecule has 0 bridgehead atoms. The number of aryl methyl sites for hydroxylation is 2. The number of hydrogen-bond donors (Lipinski definition) is 1. The molecule has 0 heterocycles. The molecular weight excluding hydrogens is 322 g/mol. The summed E-state index contributed by atoms with van der Waals surface area (Å²) < 4.78 is 5.78. The summed E-state index contributed by atoms with van der Waals surface area (Å²) in [7, 11) is 0. The molecule has 2 aromatic rings. The van der Waals surface area contributed by atoms with E-state index >= 15 is 0 Å². The smallest absolute Gasteiger partial charge is 0.261 e. The van der Waals surface area contributed by atoms with Gasteiger partial charge in [-0.1, -0.05) is 54.4 Å². The molecule has 0 aliphatic rings. The van der Waals surface area contributed by atoms with E-state index in [0.29, 0.717) is 13.0 Å². The summed E-state index contributed by atoms with van der Waals surface area (Å²) in [6.07, 6.45) is 1.85. The molecule has 0 fully saturated rings. The van der Waals surface area contributed by atoms with Crippen LogP contribution in [0.5, 0.6) is 5.75 Å². The quantitative estimate of drug-likeness (QED) is 0.712. The molecule has 0 radical (unpaired) electrons. The largest absolute Gasteiger partial charge is 0.481 e. The number of nitrogens with one attached hydrogen (secondary N) is 1. The lowest BCUT2D eigenvalue weighted by molar-refractivity contribution is -0.128. The predicted molar refractivity (Wildman–Crippen MR) is 98.7 cm³/mol. The van der Waals surface area contributed by atoms with Gasteiger partial charge in [0, 0.05) is 11.6 Å². The minimum Gasteiger partial charge on any atom is -0.481 e. The average molecular weight is 346 g/mol.